The van der Waals surface area contributed by atoms with Crippen LogP contribution in [-0.2, 0) is 51.5 Å². The molecule has 8 nitrogen and oxygen atoms in total. The minimum Gasteiger partial charge on any atom is -0.424 e. The highest BCUT2D eigenvalue weighted by Gasteiger charge is 2.22. The monoisotopic (exact) mass is 498 g/mol. The Hall–Kier alpha value is -0.870. The Morgan fingerprint density at radius 1 is 0.621 bits per heavy atom. The van der Waals surface area contributed by atoms with Gasteiger partial charge in [0, 0.05) is 52.1 Å². The molecule has 2 rings (SSSR count). The van der Waals surface area contributed by atoms with Gasteiger partial charge < -0.3 is 27.1 Å². The summed E-state index contributed by atoms with van der Waals surface area (Å²) in [5.74, 6) is 0.675. The number of hydrogen-bond donors (Lipinski definition) is 0. The summed E-state index contributed by atoms with van der Waals surface area (Å²) >= 11 is 10.3. The average Bonchev–Trinajstić information content (AvgIpc) is 2.74. The molecule has 0 aliphatic rings. The van der Waals surface area contributed by atoms with Crippen molar-refractivity contribution in [2.75, 3.05) is 28.4 Å². The molecule has 0 fully saturated rings. The summed E-state index contributed by atoms with van der Waals surface area (Å²) in [6, 6.07) is 11.6. The van der Waals surface area contributed by atoms with E-state index in [1.54, 1.807) is 0 Å². The van der Waals surface area contributed by atoms with E-state index in [0.29, 0.717) is 11.5 Å². The first-order valence-corrected chi connectivity index (χ1v) is 14.5. The molecule has 0 radical (unpaired) electrons. The van der Waals surface area contributed by atoms with Gasteiger partial charge in [0.15, 0.2) is 0 Å². The van der Waals surface area contributed by atoms with E-state index in [4.69, 9.17) is 50.8 Å². The van der Waals surface area contributed by atoms with Crippen LogP contribution in [0.25, 0.3) is 0 Å². The number of hydrogen-bond acceptors (Lipinski definition) is 10. The number of rotatable bonds is 10. The lowest BCUT2D eigenvalue weighted by Crippen LogP contribution is -2.03. The molecule has 0 aliphatic carbocycles. The Labute approximate surface area is 180 Å². The summed E-state index contributed by atoms with van der Waals surface area (Å²) < 4.78 is 56.9. The molecule has 0 aromatic heterocycles. The summed E-state index contributed by atoms with van der Waals surface area (Å²) in [6.07, 6.45) is 0. The Morgan fingerprint density at radius 2 is 0.897 bits per heavy atom. The van der Waals surface area contributed by atoms with Gasteiger partial charge in [-0.05, 0) is 48.5 Å². The third-order valence-electron chi connectivity index (χ3n) is 3.60. The van der Waals surface area contributed by atoms with Crippen LogP contribution in [0.4, 0.5) is 0 Å². The quantitative estimate of drug-likeness (QED) is 0.442. The normalized spacial score (nSPS) is 12.6. The molecule has 160 valence electrons. The van der Waals surface area contributed by atoms with Crippen LogP contribution in [0, 0.1) is 0 Å². The third kappa shape index (κ3) is 6.07. The Balaban J connectivity index is 2.22. The molecule has 29 heavy (non-hydrogen) atoms. The standard InChI is InChI=1S/C16H20O8P2S3/c1-19-25(27,20-2)23-13-5-9-15(10-6-13)29(17,18)16-11-7-14(8-12-16)24-26(28,21-3)22-4/h5-12H,1-4H3. The van der Waals surface area contributed by atoms with Crippen molar-refractivity contribution in [2.24, 2.45) is 0 Å². The fraction of sp³-hybridized carbons (Fsp3) is 0.250. The molecule has 13 heteroatoms. The van der Waals surface area contributed by atoms with Gasteiger partial charge in [0.1, 0.15) is 11.5 Å². The maximum atomic E-state index is 12.8. The maximum absolute atomic E-state index is 12.8. The zero-order valence-corrected chi connectivity index (χ0v) is 20.2. The second-order valence-corrected chi connectivity index (χ2v) is 13.5. The molecule has 2 aromatic rings. The van der Waals surface area contributed by atoms with E-state index in [0.717, 1.165) is 0 Å². The van der Waals surface area contributed by atoms with E-state index in [1.165, 1.54) is 77.0 Å². The molecule has 0 saturated heterocycles. The highest BCUT2D eigenvalue weighted by atomic mass is 32.5. The highest BCUT2D eigenvalue weighted by molar-refractivity contribution is 8.08. The van der Waals surface area contributed by atoms with Crippen LogP contribution < -0.4 is 9.05 Å². The van der Waals surface area contributed by atoms with Gasteiger partial charge in [0.05, 0.1) is 9.79 Å². The van der Waals surface area contributed by atoms with Gasteiger partial charge in [-0.3, -0.25) is 0 Å². The molecule has 0 atom stereocenters. The molecule has 0 heterocycles. The first kappa shape index (κ1) is 24.4. The zero-order chi connectivity index (χ0) is 21.7. The summed E-state index contributed by atoms with van der Waals surface area (Å²) in [6.45, 7) is -5.80. The summed E-state index contributed by atoms with van der Waals surface area (Å²) in [7, 11) is 1.78. The Bertz CT molecular complexity index is 930. The van der Waals surface area contributed by atoms with Crippen molar-refractivity contribution in [3.63, 3.8) is 0 Å². The zero-order valence-electron chi connectivity index (χ0n) is 16.0. The molecule has 0 saturated carbocycles. The van der Waals surface area contributed by atoms with Crippen LogP contribution in [0.15, 0.2) is 58.3 Å². The van der Waals surface area contributed by atoms with Crippen molar-refractivity contribution in [1.82, 2.24) is 0 Å². The molecule has 0 spiro atoms. The molecule has 0 unspecified atom stereocenters. The van der Waals surface area contributed by atoms with Crippen LogP contribution in [0.2, 0.25) is 0 Å². The largest absolute Gasteiger partial charge is 0.424 e. The summed E-state index contributed by atoms with van der Waals surface area (Å²) in [5, 5.41) is 0. The van der Waals surface area contributed by atoms with Gasteiger partial charge in [-0.25, -0.2) is 8.42 Å². The molecule has 2 aromatic carbocycles. The molecular formula is C16H20O8P2S3. The smallest absolute Gasteiger partial charge is 0.380 e. The minimum atomic E-state index is -3.75. The van der Waals surface area contributed by atoms with Crippen molar-refractivity contribution in [1.29, 1.82) is 0 Å². The van der Waals surface area contributed by atoms with Gasteiger partial charge >= 0.3 is 13.4 Å². The predicted octanol–water partition coefficient (Wildman–Crippen LogP) is 4.31. The van der Waals surface area contributed by atoms with E-state index in [9.17, 15) is 8.42 Å². The van der Waals surface area contributed by atoms with E-state index < -0.39 is 23.3 Å². The van der Waals surface area contributed by atoms with Crippen LogP contribution in [0.1, 0.15) is 0 Å². The lowest BCUT2D eigenvalue weighted by molar-refractivity contribution is 0.272. The van der Waals surface area contributed by atoms with Gasteiger partial charge in [0.25, 0.3) is 0 Å². The lowest BCUT2D eigenvalue weighted by atomic mass is 10.3. The highest BCUT2D eigenvalue weighted by Crippen LogP contribution is 2.49. The molecule has 0 amide bonds. The van der Waals surface area contributed by atoms with E-state index in [-0.39, 0.29) is 9.79 Å². The SMILES string of the molecule is COP(=S)(OC)Oc1ccc(S(=O)(=O)c2ccc(OP(=S)(OC)OC)cc2)cc1. The Kier molecular flexibility index (Phi) is 8.38. The van der Waals surface area contributed by atoms with E-state index in [2.05, 4.69) is 0 Å². The lowest BCUT2D eigenvalue weighted by Gasteiger charge is -2.18. The summed E-state index contributed by atoms with van der Waals surface area (Å²) in [4.78, 5) is 0.168. The van der Waals surface area contributed by atoms with Crippen molar-refractivity contribution in [3.8, 4) is 11.5 Å². The van der Waals surface area contributed by atoms with Crippen LogP contribution in [0.5, 0.6) is 11.5 Å². The Morgan fingerprint density at radius 3 is 1.14 bits per heavy atom. The second kappa shape index (κ2) is 9.96. The van der Waals surface area contributed by atoms with Crippen LogP contribution in [0.3, 0.4) is 0 Å². The molecule has 0 aliphatic heterocycles. The third-order valence-corrected chi connectivity index (χ3v) is 10.3. The van der Waals surface area contributed by atoms with Crippen molar-refractivity contribution in [2.45, 2.75) is 9.79 Å². The fourth-order valence-electron chi connectivity index (χ4n) is 2.05. The van der Waals surface area contributed by atoms with Crippen molar-refractivity contribution >= 4 is 46.9 Å². The molecule has 0 bridgehead atoms. The van der Waals surface area contributed by atoms with Gasteiger partial charge in [-0.1, -0.05) is 0 Å². The van der Waals surface area contributed by atoms with Crippen molar-refractivity contribution < 1.29 is 35.6 Å². The topological polar surface area (TPSA) is 89.5 Å². The van der Waals surface area contributed by atoms with Gasteiger partial charge in [-0.2, -0.15) is 0 Å². The predicted molar refractivity (Wildman–Crippen MR) is 116 cm³/mol. The molecule has 0 N–H and O–H groups in total. The average molecular weight is 498 g/mol. The van der Waals surface area contributed by atoms with E-state index in [1.807, 2.05) is 0 Å². The first-order chi connectivity index (χ1) is 13.6. The van der Waals surface area contributed by atoms with Gasteiger partial charge in [0.2, 0.25) is 9.84 Å². The van der Waals surface area contributed by atoms with Crippen LogP contribution >= 0.6 is 13.4 Å². The molecular weight excluding hydrogens is 478 g/mol. The van der Waals surface area contributed by atoms with Gasteiger partial charge in [-0.15, -0.1) is 0 Å². The number of sulfone groups is 1. The van der Waals surface area contributed by atoms with Crippen molar-refractivity contribution in [3.05, 3.63) is 48.5 Å². The summed E-state index contributed by atoms with van der Waals surface area (Å²) in [5.41, 5.74) is 0. The van der Waals surface area contributed by atoms with Crippen LogP contribution in [-0.4, -0.2) is 36.9 Å². The number of benzene rings is 2. The fourth-order valence-corrected chi connectivity index (χ4v) is 5.19. The van der Waals surface area contributed by atoms with E-state index >= 15 is 0 Å². The second-order valence-electron chi connectivity index (χ2n) is 5.25. The maximum Gasteiger partial charge on any atom is 0.380 e. The minimum absolute atomic E-state index is 0.0838. The first-order valence-electron chi connectivity index (χ1n) is 7.89.